The number of ketones is 2. The van der Waals surface area contributed by atoms with Gasteiger partial charge in [-0.2, -0.15) is 0 Å². The van der Waals surface area contributed by atoms with Gasteiger partial charge in [0.15, 0.2) is 5.72 Å². The van der Waals surface area contributed by atoms with E-state index < -0.39 is 17.7 Å². The van der Waals surface area contributed by atoms with Crippen molar-refractivity contribution in [2.24, 2.45) is 11.7 Å². The lowest BCUT2D eigenvalue weighted by molar-refractivity contribution is -0.137. The lowest BCUT2D eigenvalue weighted by atomic mass is 9.82. The summed E-state index contributed by atoms with van der Waals surface area (Å²) in [6, 6.07) is 0.0880. The molecule has 3 aliphatic heterocycles. The van der Waals surface area contributed by atoms with Crippen molar-refractivity contribution >= 4 is 17.7 Å². The molecule has 0 bridgehead atoms. The molecule has 0 aromatic carbocycles. The highest BCUT2D eigenvalue weighted by molar-refractivity contribution is 6.25. The van der Waals surface area contributed by atoms with Crippen LogP contribution in [-0.2, 0) is 23.9 Å². The molecule has 140 valence electrons. The van der Waals surface area contributed by atoms with E-state index in [0.717, 1.165) is 0 Å². The summed E-state index contributed by atoms with van der Waals surface area (Å²) < 4.78 is 10.9. The third-order valence-corrected chi connectivity index (χ3v) is 5.63. The fourth-order valence-corrected chi connectivity index (χ4v) is 4.52. The minimum atomic E-state index is -0.973. The summed E-state index contributed by atoms with van der Waals surface area (Å²) in [5.41, 5.74) is 7.56. The number of piperazine rings is 1. The first-order valence-corrected chi connectivity index (χ1v) is 8.23. The van der Waals surface area contributed by atoms with Crippen molar-refractivity contribution in [2.75, 3.05) is 27.4 Å². The van der Waals surface area contributed by atoms with Crippen LogP contribution in [0.15, 0.2) is 22.5 Å². The first-order chi connectivity index (χ1) is 12.4. The van der Waals surface area contributed by atoms with Gasteiger partial charge in [0.25, 0.3) is 0 Å². The molecule has 0 unspecified atom stereocenters. The molecular weight excluding hydrogens is 344 g/mol. The van der Waals surface area contributed by atoms with Gasteiger partial charge in [-0.3, -0.25) is 19.9 Å². The average Bonchev–Trinajstić information content (AvgIpc) is 3.21. The van der Waals surface area contributed by atoms with Crippen LogP contribution < -0.4 is 16.5 Å². The van der Waals surface area contributed by atoms with Gasteiger partial charge in [0.2, 0.25) is 11.6 Å². The maximum Gasteiger partial charge on any atom is 0.404 e. The first kappa shape index (κ1) is 17.0. The number of rotatable bonds is 5. The Morgan fingerprint density at radius 3 is 2.73 bits per heavy atom. The molecule has 26 heavy (non-hydrogen) atoms. The fourth-order valence-electron chi connectivity index (χ4n) is 4.52. The second kappa shape index (κ2) is 5.53. The number of hydrogen-bond acceptors (Lipinski definition) is 9. The molecule has 0 saturated carbocycles. The zero-order chi connectivity index (χ0) is 18.8. The summed E-state index contributed by atoms with van der Waals surface area (Å²) in [5, 5.41) is 3.29. The van der Waals surface area contributed by atoms with Gasteiger partial charge in [0.05, 0.1) is 24.8 Å². The largest absolute Gasteiger partial charge is 0.449 e. The number of hydrogen-bond donors (Lipinski definition) is 3. The van der Waals surface area contributed by atoms with Crippen molar-refractivity contribution in [1.29, 1.82) is 0 Å². The highest BCUT2D eigenvalue weighted by Crippen LogP contribution is 2.55. The normalized spacial score (nSPS) is 34.7. The molecule has 0 spiro atoms. The zero-order valence-electron chi connectivity index (χ0n) is 14.6. The Morgan fingerprint density at radius 2 is 2.12 bits per heavy atom. The third-order valence-electron chi connectivity index (χ3n) is 5.63. The Hall–Kier alpha value is -2.43. The van der Waals surface area contributed by atoms with E-state index >= 15 is 0 Å². The summed E-state index contributed by atoms with van der Waals surface area (Å²) in [6.45, 7) is 1.94. The summed E-state index contributed by atoms with van der Waals surface area (Å²) >= 11 is 0. The topological polar surface area (TPSA) is 142 Å². The number of nitrogens with zero attached hydrogens (tertiary/aromatic N) is 1. The number of hydroxylamine groups is 1. The lowest BCUT2D eigenvalue weighted by Crippen LogP contribution is -2.55. The molecule has 1 aliphatic carbocycles. The number of primary amides is 1. The Bertz CT molecular complexity index is 790. The molecule has 3 heterocycles. The minimum absolute atomic E-state index is 0.0701. The molecule has 2 fully saturated rings. The second-order valence-corrected chi connectivity index (χ2v) is 6.73. The van der Waals surface area contributed by atoms with Crippen LogP contribution in [-0.4, -0.2) is 67.7 Å². The van der Waals surface area contributed by atoms with Gasteiger partial charge in [0, 0.05) is 30.8 Å². The number of amides is 1. The molecule has 4 aliphatic rings. The molecule has 0 aromatic rings. The molecule has 1 amide bonds. The molecule has 10 nitrogen and oxygen atoms in total. The molecule has 2 saturated heterocycles. The van der Waals surface area contributed by atoms with Gasteiger partial charge < -0.3 is 25.4 Å². The smallest absolute Gasteiger partial charge is 0.404 e. The van der Waals surface area contributed by atoms with E-state index in [1.165, 1.54) is 14.2 Å². The van der Waals surface area contributed by atoms with E-state index in [0.29, 0.717) is 12.2 Å². The second-order valence-electron chi connectivity index (χ2n) is 6.73. The SMILES string of the molecule is CONC1=C(C)C(=O)C2=C(C1=O)[C@@H](COC(N)=O)[C@@]1(OC)[C@H]3N[C@H]3CN21. The molecule has 4 N–H and O–H groups in total. The minimum Gasteiger partial charge on any atom is -0.449 e. The molecule has 4 rings (SSSR count). The van der Waals surface area contributed by atoms with Crippen molar-refractivity contribution in [3.63, 3.8) is 0 Å². The van der Waals surface area contributed by atoms with E-state index in [1.807, 2.05) is 4.90 Å². The number of allylic oxidation sites excluding steroid dienone is 2. The van der Waals surface area contributed by atoms with Crippen LogP contribution in [0.2, 0.25) is 0 Å². The van der Waals surface area contributed by atoms with Crippen molar-refractivity contribution in [1.82, 2.24) is 15.7 Å². The number of fused-ring (bicyclic) bond motifs is 4. The quantitative estimate of drug-likeness (QED) is 0.303. The van der Waals surface area contributed by atoms with Gasteiger partial charge in [0.1, 0.15) is 12.3 Å². The van der Waals surface area contributed by atoms with Gasteiger partial charge in [-0.15, -0.1) is 0 Å². The van der Waals surface area contributed by atoms with Crippen LogP contribution in [0.4, 0.5) is 4.79 Å². The molecular formula is C16H20N4O6. The van der Waals surface area contributed by atoms with Crippen molar-refractivity contribution in [2.45, 2.75) is 24.7 Å². The summed E-state index contributed by atoms with van der Waals surface area (Å²) in [4.78, 5) is 44.0. The van der Waals surface area contributed by atoms with Crippen LogP contribution in [0, 0.1) is 5.92 Å². The van der Waals surface area contributed by atoms with Gasteiger partial charge in [-0.1, -0.05) is 0 Å². The average molecular weight is 364 g/mol. The molecule has 0 radical (unpaired) electrons. The number of methoxy groups -OCH3 is 1. The van der Waals surface area contributed by atoms with Crippen molar-refractivity contribution in [3.05, 3.63) is 22.5 Å². The molecule has 10 heteroatoms. The van der Waals surface area contributed by atoms with Gasteiger partial charge in [-0.25, -0.2) is 4.79 Å². The van der Waals surface area contributed by atoms with Crippen LogP contribution in [0.25, 0.3) is 0 Å². The van der Waals surface area contributed by atoms with E-state index in [4.69, 9.17) is 20.0 Å². The fraction of sp³-hybridized carbons (Fsp3) is 0.562. The number of carbonyl (C=O) groups is 3. The van der Waals surface area contributed by atoms with Crippen molar-refractivity contribution < 1.29 is 28.7 Å². The van der Waals surface area contributed by atoms with E-state index in [2.05, 4.69) is 10.8 Å². The van der Waals surface area contributed by atoms with Crippen LogP contribution in [0.5, 0.6) is 0 Å². The van der Waals surface area contributed by atoms with E-state index in [1.54, 1.807) is 6.92 Å². The molecule has 0 aromatic heterocycles. The number of nitrogens with one attached hydrogen (secondary N) is 2. The van der Waals surface area contributed by atoms with E-state index in [-0.39, 0.29) is 47.1 Å². The summed E-state index contributed by atoms with van der Waals surface area (Å²) in [6.07, 6.45) is -0.952. The highest BCUT2D eigenvalue weighted by Gasteiger charge is 2.72. The van der Waals surface area contributed by atoms with E-state index in [9.17, 15) is 14.4 Å². The zero-order valence-corrected chi connectivity index (χ0v) is 14.6. The lowest BCUT2D eigenvalue weighted by Gasteiger charge is -2.39. The number of Topliss-reactive ketones (excluding diaryl/α,β-unsaturated/α-hetero) is 2. The standard InChI is InChI=1S/C16H20N4O6/c1-6-10(19-25-3)13(22)9-7(5-26-15(17)23)16(24-2)14-8(18-14)4-20(16)11(9)12(6)21/h7-8,14,18-19H,4-5H2,1-3H3,(H2,17,23)/t7-,8+,14+,16-/m1/s1. The van der Waals surface area contributed by atoms with Gasteiger partial charge in [-0.05, 0) is 6.92 Å². The predicted octanol–water partition coefficient (Wildman–Crippen LogP) is -1.46. The number of ether oxygens (including phenoxy) is 2. The first-order valence-electron chi connectivity index (χ1n) is 8.23. The monoisotopic (exact) mass is 364 g/mol. The number of carbonyl (C=O) groups excluding carboxylic acids is 3. The Morgan fingerprint density at radius 1 is 1.38 bits per heavy atom. The summed E-state index contributed by atoms with van der Waals surface area (Å²) in [5.74, 6) is -1.30. The predicted molar refractivity (Wildman–Crippen MR) is 86.1 cm³/mol. The Labute approximate surface area is 149 Å². The highest BCUT2D eigenvalue weighted by atomic mass is 16.6. The molecule has 4 atom stereocenters. The maximum atomic E-state index is 13.1. The Balaban J connectivity index is 1.82. The summed E-state index contributed by atoms with van der Waals surface area (Å²) in [7, 11) is 2.88. The third kappa shape index (κ3) is 1.94. The van der Waals surface area contributed by atoms with Crippen molar-refractivity contribution in [3.8, 4) is 0 Å². The van der Waals surface area contributed by atoms with Crippen LogP contribution in [0.1, 0.15) is 6.92 Å². The van der Waals surface area contributed by atoms with Crippen LogP contribution >= 0.6 is 0 Å². The van der Waals surface area contributed by atoms with Gasteiger partial charge >= 0.3 is 6.09 Å². The Kier molecular flexibility index (Phi) is 3.62. The van der Waals surface area contributed by atoms with Crippen LogP contribution in [0.3, 0.4) is 0 Å². The maximum absolute atomic E-state index is 13.1. The number of nitrogens with two attached hydrogens (primary N) is 1.